The minimum atomic E-state index is -0.351. The highest BCUT2D eigenvalue weighted by Crippen LogP contribution is 2.17. The molecule has 0 aliphatic heterocycles. The van der Waals surface area contributed by atoms with Crippen molar-refractivity contribution >= 4 is 17.5 Å². The molecule has 0 saturated heterocycles. The standard InChI is InChI=1S/C20H25N3O3/c1-14(2)15-8-10-16(11-9-15)22-20(25)18-7-4-6-17(23-18)19(24)21-12-5-13-26-3/h4,6-11,14H,5,12-13H2,1-3H3,(H,21,24)(H,22,25). The van der Waals surface area contributed by atoms with E-state index in [1.165, 1.54) is 5.56 Å². The Bertz CT molecular complexity index is 742. The average molecular weight is 355 g/mol. The van der Waals surface area contributed by atoms with Crippen LogP contribution in [0.5, 0.6) is 0 Å². The van der Waals surface area contributed by atoms with Crippen LogP contribution >= 0.6 is 0 Å². The fourth-order valence-corrected chi connectivity index (χ4v) is 2.34. The van der Waals surface area contributed by atoms with Crippen molar-refractivity contribution in [2.45, 2.75) is 26.2 Å². The van der Waals surface area contributed by atoms with Gasteiger partial charge in [-0.3, -0.25) is 9.59 Å². The zero-order chi connectivity index (χ0) is 18.9. The first kappa shape index (κ1) is 19.6. The van der Waals surface area contributed by atoms with Gasteiger partial charge >= 0.3 is 0 Å². The minimum absolute atomic E-state index is 0.197. The first-order valence-corrected chi connectivity index (χ1v) is 8.66. The second-order valence-corrected chi connectivity index (χ2v) is 6.24. The van der Waals surface area contributed by atoms with Crippen LogP contribution in [-0.4, -0.2) is 37.1 Å². The second-order valence-electron chi connectivity index (χ2n) is 6.24. The second kappa shape index (κ2) is 9.68. The molecular formula is C20H25N3O3. The van der Waals surface area contributed by atoms with Crippen LogP contribution in [0.4, 0.5) is 5.69 Å². The Hall–Kier alpha value is -2.73. The van der Waals surface area contributed by atoms with Gasteiger partial charge < -0.3 is 15.4 Å². The molecule has 138 valence electrons. The van der Waals surface area contributed by atoms with E-state index < -0.39 is 0 Å². The first-order valence-electron chi connectivity index (χ1n) is 8.66. The number of rotatable bonds is 8. The van der Waals surface area contributed by atoms with E-state index in [0.29, 0.717) is 24.8 Å². The molecule has 0 aliphatic rings. The molecule has 0 bridgehead atoms. The highest BCUT2D eigenvalue weighted by molar-refractivity contribution is 6.03. The number of amides is 2. The summed E-state index contributed by atoms with van der Waals surface area (Å²) in [6.07, 6.45) is 0.717. The number of nitrogens with one attached hydrogen (secondary N) is 2. The molecule has 2 rings (SSSR count). The van der Waals surface area contributed by atoms with Crippen molar-refractivity contribution in [3.8, 4) is 0 Å². The monoisotopic (exact) mass is 355 g/mol. The normalized spacial score (nSPS) is 10.6. The Morgan fingerprint density at radius 1 is 1.04 bits per heavy atom. The number of ether oxygens (including phenoxy) is 1. The Kier molecular flexibility index (Phi) is 7.29. The smallest absolute Gasteiger partial charge is 0.274 e. The first-order chi connectivity index (χ1) is 12.5. The third-order valence-electron chi connectivity index (χ3n) is 3.86. The summed E-state index contributed by atoms with van der Waals surface area (Å²) < 4.78 is 4.94. The summed E-state index contributed by atoms with van der Waals surface area (Å²) in [7, 11) is 1.61. The summed E-state index contributed by atoms with van der Waals surface area (Å²) in [5.41, 5.74) is 2.30. The molecule has 2 amide bonds. The van der Waals surface area contributed by atoms with E-state index in [0.717, 1.165) is 6.42 Å². The molecule has 0 fully saturated rings. The van der Waals surface area contributed by atoms with Crippen LogP contribution in [0.2, 0.25) is 0 Å². The quantitative estimate of drug-likeness (QED) is 0.713. The lowest BCUT2D eigenvalue weighted by atomic mass is 10.0. The average Bonchev–Trinajstić information content (AvgIpc) is 2.65. The largest absolute Gasteiger partial charge is 0.385 e. The molecule has 1 heterocycles. The van der Waals surface area contributed by atoms with Gasteiger partial charge in [-0.2, -0.15) is 0 Å². The molecule has 2 aromatic rings. The van der Waals surface area contributed by atoms with Gasteiger partial charge in [-0.1, -0.05) is 32.0 Å². The Morgan fingerprint density at radius 3 is 2.31 bits per heavy atom. The molecule has 1 aromatic carbocycles. The Balaban J connectivity index is 1.99. The van der Waals surface area contributed by atoms with Crippen LogP contribution in [0.1, 0.15) is 52.7 Å². The van der Waals surface area contributed by atoms with Gasteiger partial charge in [-0.15, -0.1) is 0 Å². The SMILES string of the molecule is COCCCNC(=O)c1cccc(C(=O)Nc2ccc(C(C)C)cc2)n1. The van der Waals surface area contributed by atoms with Gasteiger partial charge in [-0.05, 0) is 42.2 Å². The summed E-state index contributed by atoms with van der Waals surface area (Å²) in [4.78, 5) is 28.6. The topological polar surface area (TPSA) is 80.3 Å². The number of carbonyl (C=O) groups is 2. The number of carbonyl (C=O) groups excluding carboxylic acids is 2. The van der Waals surface area contributed by atoms with Crippen molar-refractivity contribution in [1.82, 2.24) is 10.3 Å². The van der Waals surface area contributed by atoms with Crippen LogP contribution in [0.25, 0.3) is 0 Å². The van der Waals surface area contributed by atoms with Crippen molar-refractivity contribution in [3.05, 3.63) is 59.4 Å². The number of aromatic nitrogens is 1. The van der Waals surface area contributed by atoms with Gasteiger partial charge in [0.05, 0.1) is 0 Å². The Morgan fingerprint density at radius 2 is 1.69 bits per heavy atom. The predicted molar refractivity (Wildman–Crippen MR) is 102 cm³/mol. The summed E-state index contributed by atoms with van der Waals surface area (Å²) in [6, 6.07) is 12.5. The molecule has 26 heavy (non-hydrogen) atoms. The van der Waals surface area contributed by atoms with Gasteiger partial charge in [0.2, 0.25) is 0 Å². The van der Waals surface area contributed by atoms with Gasteiger partial charge in [0, 0.05) is 25.9 Å². The molecule has 0 radical (unpaired) electrons. The third-order valence-corrected chi connectivity index (χ3v) is 3.86. The van der Waals surface area contributed by atoms with Gasteiger partial charge in [0.15, 0.2) is 0 Å². The number of benzene rings is 1. The van der Waals surface area contributed by atoms with Crippen LogP contribution in [0.3, 0.4) is 0 Å². The molecule has 0 saturated carbocycles. The van der Waals surface area contributed by atoms with Crippen molar-refractivity contribution < 1.29 is 14.3 Å². The van der Waals surface area contributed by atoms with Gasteiger partial charge in [0.25, 0.3) is 11.8 Å². The lowest BCUT2D eigenvalue weighted by Crippen LogP contribution is -2.27. The molecule has 0 atom stereocenters. The van der Waals surface area contributed by atoms with Gasteiger partial charge in [-0.25, -0.2) is 4.98 Å². The van der Waals surface area contributed by atoms with Crippen molar-refractivity contribution in [3.63, 3.8) is 0 Å². The molecule has 0 spiro atoms. The summed E-state index contributed by atoms with van der Waals surface area (Å²) >= 11 is 0. The van der Waals surface area contributed by atoms with Gasteiger partial charge in [0.1, 0.15) is 11.4 Å². The van der Waals surface area contributed by atoms with Crippen LogP contribution in [0, 0.1) is 0 Å². The number of pyridine rings is 1. The summed E-state index contributed by atoms with van der Waals surface area (Å²) in [5, 5.41) is 5.55. The zero-order valence-electron chi connectivity index (χ0n) is 15.4. The van der Waals surface area contributed by atoms with E-state index in [9.17, 15) is 9.59 Å². The molecule has 0 aliphatic carbocycles. The fraction of sp³-hybridized carbons (Fsp3) is 0.350. The minimum Gasteiger partial charge on any atom is -0.385 e. The highest BCUT2D eigenvalue weighted by atomic mass is 16.5. The van der Waals surface area contributed by atoms with Crippen molar-refractivity contribution in [2.75, 3.05) is 25.6 Å². The van der Waals surface area contributed by atoms with E-state index in [2.05, 4.69) is 29.5 Å². The lowest BCUT2D eigenvalue weighted by molar-refractivity contribution is 0.0943. The molecule has 6 nitrogen and oxygen atoms in total. The molecular weight excluding hydrogens is 330 g/mol. The van der Waals surface area contributed by atoms with E-state index in [1.807, 2.05) is 24.3 Å². The molecule has 1 aromatic heterocycles. The molecule has 0 unspecified atom stereocenters. The number of hydrogen-bond acceptors (Lipinski definition) is 4. The fourth-order valence-electron chi connectivity index (χ4n) is 2.34. The maximum atomic E-state index is 12.4. The Labute approximate surface area is 154 Å². The van der Waals surface area contributed by atoms with Crippen LogP contribution in [0.15, 0.2) is 42.5 Å². The molecule has 6 heteroatoms. The van der Waals surface area contributed by atoms with E-state index in [4.69, 9.17) is 4.74 Å². The van der Waals surface area contributed by atoms with E-state index in [-0.39, 0.29) is 23.2 Å². The highest BCUT2D eigenvalue weighted by Gasteiger charge is 2.12. The van der Waals surface area contributed by atoms with E-state index in [1.54, 1.807) is 25.3 Å². The lowest BCUT2D eigenvalue weighted by Gasteiger charge is -2.09. The van der Waals surface area contributed by atoms with Crippen molar-refractivity contribution in [1.29, 1.82) is 0 Å². The van der Waals surface area contributed by atoms with E-state index >= 15 is 0 Å². The zero-order valence-corrected chi connectivity index (χ0v) is 15.4. The van der Waals surface area contributed by atoms with Crippen LogP contribution < -0.4 is 10.6 Å². The maximum Gasteiger partial charge on any atom is 0.274 e. The summed E-state index contributed by atoms with van der Waals surface area (Å²) in [6.45, 7) is 5.30. The number of methoxy groups -OCH3 is 1. The maximum absolute atomic E-state index is 12.4. The van der Waals surface area contributed by atoms with Crippen LogP contribution in [-0.2, 0) is 4.74 Å². The number of nitrogens with zero attached hydrogens (tertiary/aromatic N) is 1. The summed E-state index contributed by atoms with van der Waals surface area (Å²) in [5.74, 6) is -0.228. The predicted octanol–water partition coefficient (Wildman–Crippen LogP) is 3.22. The van der Waals surface area contributed by atoms with Crippen molar-refractivity contribution in [2.24, 2.45) is 0 Å². The number of anilines is 1. The molecule has 2 N–H and O–H groups in total. The third kappa shape index (κ3) is 5.67. The number of hydrogen-bond donors (Lipinski definition) is 2.